The molecule has 2 N–H and O–H groups in total. The molecule has 0 unspecified atom stereocenters. The summed E-state index contributed by atoms with van der Waals surface area (Å²) >= 11 is 0. The standard InChI is InChI=1S/C21H27N7/c1-15-14-28(16-4-2-3-5-16)20-18(15)13-24-21(26-20)25-19-7-6-17(12-23-19)27-10-8-22-9-11-27/h6-7,12-14,16,22H,2-5,8-11H2,1H3,(H,23,24,25,26). The molecule has 2 aliphatic rings. The van der Waals surface area contributed by atoms with Crippen LogP contribution >= 0.6 is 0 Å². The quantitative estimate of drug-likeness (QED) is 0.726. The number of hydrogen-bond acceptors (Lipinski definition) is 6. The first-order chi connectivity index (χ1) is 13.8. The van der Waals surface area contributed by atoms with Crippen LogP contribution in [0.5, 0.6) is 0 Å². The molecule has 7 heteroatoms. The molecule has 3 aromatic rings. The Morgan fingerprint density at radius 2 is 1.89 bits per heavy atom. The van der Waals surface area contributed by atoms with Gasteiger partial charge in [0.05, 0.1) is 11.9 Å². The number of nitrogens with zero attached hydrogens (tertiary/aromatic N) is 5. The Balaban J connectivity index is 1.38. The van der Waals surface area contributed by atoms with E-state index in [1.165, 1.54) is 31.2 Å². The summed E-state index contributed by atoms with van der Waals surface area (Å²) in [7, 11) is 0. The van der Waals surface area contributed by atoms with E-state index in [4.69, 9.17) is 4.98 Å². The molecular weight excluding hydrogens is 350 g/mol. The maximum atomic E-state index is 4.83. The Kier molecular flexibility index (Phi) is 4.60. The van der Waals surface area contributed by atoms with Gasteiger partial charge in [-0.3, -0.25) is 0 Å². The zero-order valence-electron chi connectivity index (χ0n) is 16.4. The van der Waals surface area contributed by atoms with Crippen molar-refractivity contribution in [1.29, 1.82) is 0 Å². The van der Waals surface area contributed by atoms with Crippen LogP contribution < -0.4 is 15.5 Å². The van der Waals surface area contributed by atoms with Gasteiger partial charge < -0.3 is 20.1 Å². The molecule has 0 spiro atoms. The fourth-order valence-electron chi connectivity index (χ4n) is 4.39. The van der Waals surface area contributed by atoms with Gasteiger partial charge in [0.15, 0.2) is 0 Å². The molecule has 3 aromatic heterocycles. The molecule has 146 valence electrons. The van der Waals surface area contributed by atoms with Gasteiger partial charge in [0.25, 0.3) is 0 Å². The highest BCUT2D eigenvalue weighted by Gasteiger charge is 2.20. The smallest absolute Gasteiger partial charge is 0.230 e. The van der Waals surface area contributed by atoms with E-state index in [0.29, 0.717) is 12.0 Å². The molecule has 1 aliphatic carbocycles. The van der Waals surface area contributed by atoms with Gasteiger partial charge in [-0.2, -0.15) is 4.98 Å². The maximum Gasteiger partial charge on any atom is 0.230 e. The van der Waals surface area contributed by atoms with Crippen molar-refractivity contribution in [2.45, 2.75) is 38.6 Å². The van der Waals surface area contributed by atoms with Crippen LogP contribution in [0.3, 0.4) is 0 Å². The van der Waals surface area contributed by atoms with Crippen molar-refractivity contribution in [2.75, 3.05) is 36.4 Å². The first-order valence-electron chi connectivity index (χ1n) is 10.3. The molecule has 5 rings (SSSR count). The minimum absolute atomic E-state index is 0.565. The van der Waals surface area contributed by atoms with Crippen molar-refractivity contribution in [1.82, 2.24) is 24.8 Å². The van der Waals surface area contributed by atoms with Crippen molar-refractivity contribution in [2.24, 2.45) is 0 Å². The third kappa shape index (κ3) is 3.30. The van der Waals surface area contributed by atoms with Crippen LogP contribution in [-0.4, -0.2) is 45.7 Å². The van der Waals surface area contributed by atoms with E-state index in [1.54, 1.807) is 0 Å². The Morgan fingerprint density at radius 1 is 1.07 bits per heavy atom. The van der Waals surface area contributed by atoms with Gasteiger partial charge in [-0.15, -0.1) is 0 Å². The number of fused-ring (bicyclic) bond motifs is 1. The Morgan fingerprint density at radius 3 is 2.64 bits per heavy atom. The summed E-state index contributed by atoms with van der Waals surface area (Å²) in [6.45, 7) is 6.22. The highest BCUT2D eigenvalue weighted by atomic mass is 15.2. The number of hydrogen-bond donors (Lipinski definition) is 2. The van der Waals surface area contributed by atoms with Crippen LogP contribution in [-0.2, 0) is 0 Å². The summed E-state index contributed by atoms with van der Waals surface area (Å²) in [5.74, 6) is 1.38. The second-order valence-electron chi connectivity index (χ2n) is 7.85. The van der Waals surface area contributed by atoms with Gasteiger partial charge in [-0.25, -0.2) is 9.97 Å². The van der Waals surface area contributed by atoms with Crippen LogP contribution in [0.1, 0.15) is 37.3 Å². The predicted octanol–water partition coefficient (Wildman–Crippen LogP) is 3.40. The second-order valence-corrected chi connectivity index (χ2v) is 7.85. The van der Waals surface area contributed by atoms with Crippen LogP contribution in [0.4, 0.5) is 17.5 Å². The molecule has 4 heterocycles. The summed E-state index contributed by atoms with van der Waals surface area (Å²) in [6.07, 6.45) is 11.2. The lowest BCUT2D eigenvalue weighted by atomic mass is 10.2. The van der Waals surface area contributed by atoms with Gasteiger partial charge in [0.1, 0.15) is 11.5 Å². The second kappa shape index (κ2) is 7.39. The van der Waals surface area contributed by atoms with E-state index in [0.717, 1.165) is 48.7 Å². The lowest BCUT2D eigenvalue weighted by Gasteiger charge is -2.29. The Hall–Kier alpha value is -2.67. The summed E-state index contributed by atoms with van der Waals surface area (Å²) in [6, 6.07) is 4.69. The summed E-state index contributed by atoms with van der Waals surface area (Å²) < 4.78 is 2.35. The SMILES string of the molecule is Cc1cn(C2CCCC2)c2nc(Nc3ccc(N4CCNCC4)cn3)ncc12. The first kappa shape index (κ1) is 17.4. The zero-order chi connectivity index (χ0) is 18.9. The number of aryl methyl sites for hydroxylation is 1. The maximum absolute atomic E-state index is 4.83. The highest BCUT2D eigenvalue weighted by Crippen LogP contribution is 2.33. The van der Waals surface area contributed by atoms with E-state index in [9.17, 15) is 0 Å². The Labute approximate surface area is 165 Å². The fourth-order valence-corrected chi connectivity index (χ4v) is 4.39. The van der Waals surface area contributed by atoms with E-state index in [-0.39, 0.29) is 0 Å². The van der Waals surface area contributed by atoms with Crippen molar-refractivity contribution < 1.29 is 0 Å². The van der Waals surface area contributed by atoms with Crippen molar-refractivity contribution in [3.8, 4) is 0 Å². The molecule has 1 saturated heterocycles. The van der Waals surface area contributed by atoms with Crippen LogP contribution in [0.15, 0.2) is 30.7 Å². The normalized spacial score (nSPS) is 18.1. The van der Waals surface area contributed by atoms with Gasteiger partial charge >= 0.3 is 0 Å². The third-order valence-corrected chi connectivity index (χ3v) is 5.96. The molecule has 0 bridgehead atoms. The number of nitrogens with one attached hydrogen (secondary N) is 2. The van der Waals surface area contributed by atoms with E-state index < -0.39 is 0 Å². The lowest BCUT2D eigenvalue weighted by Crippen LogP contribution is -2.43. The number of aromatic nitrogens is 4. The summed E-state index contributed by atoms with van der Waals surface area (Å²) in [5.41, 5.74) is 3.43. The largest absolute Gasteiger partial charge is 0.368 e. The first-order valence-corrected chi connectivity index (χ1v) is 10.3. The van der Waals surface area contributed by atoms with Crippen molar-refractivity contribution in [3.05, 3.63) is 36.3 Å². The monoisotopic (exact) mass is 377 g/mol. The van der Waals surface area contributed by atoms with Gasteiger partial charge in [-0.1, -0.05) is 12.8 Å². The molecule has 0 amide bonds. The lowest BCUT2D eigenvalue weighted by molar-refractivity contribution is 0.532. The topological polar surface area (TPSA) is 70.9 Å². The van der Waals surface area contributed by atoms with Crippen LogP contribution in [0.2, 0.25) is 0 Å². The van der Waals surface area contributed by atoms with Crippen LogP contribution in [0.25, 0.3) is 11.0 Å². The zero-order valence-corrected chi connectivity index (χ0v) is 16.4. The average molecular weight is 377 g/mol. The molecule has 28 heavy (non-hydrogen) atoms. The van der Waals surface area contributed by atoms with E-state index >= 15 is 0 Å². The molecule has 2 fully saturated rings. The molecule has 7 nitrogen and oxygen atoms in total. The molecular formula is C21H27N7. The number of rotatable bonds is 4. The Bertz CT molecular complexity index is 951. The highest BCUT2D eigenvalue weighted by molar-refractivity contribution is 5.80. The summed E-state index contributed by atoms with van der Waals surface area (Å²) in [5, 5.41) is 7.79. The number of piperazine rings is 1. The fraction of sp³-hybridized carbons (Fsp3) is 0.476. The van der Waals surface area contributed by atoms with E-state index in [1.807, 2.05) is 18.5 Å². The molecule has 1 saturated carbocycles. The minimum atomic E-state index is 0.565. The summed E-state index contributed by atoms with van der Waals surface area (Å²) in [4.78, 5) is 16.3. The number of anilines is 3. The average Bonchev–Trinajstić information content (AvgIpc) is 3.37. The van der Waals surface area contributed by atoms with Gasteiger partial charge in [-0.05, 0) is 37.5 Å². The van der Waals surface area contributed by atoms with Crippen molar-refractivity contribution >= 4 is 28.5 Å². The predicted molar refractivity (Wildman–Crippen MR) is 112 cm³/mol. The third-order valence-electron chi connectivity index (χ3n) is 5.96. The number of pyridine rings is 1. The van der Waals surface area contributed by atoms with Crippen molar-refractivity contribution in [3.63, 3.8) is 0 Å². The van der Waals surface area contributed by atoms with Crippen LogP contribution in [0, 0.1) is 6.92 Å². The van der Waals surface area contributed by atoms with Gasteiger partial charge in [0, 0.05) is 50.0 Å². The molecule has 1 aliphatic heterocycles. The molecule has 0 aromatic carbocycles. The van der Waals surface area contributed by atoms with Gasteiger partial charge in [0.2, 0.25) is 5.95 Å². The molecule has 0 radical (unpaired) electrons. The molecule has 0 atom stereocenters. The minimum Gasteiger partial charge on any atom is -0.368 e. The van der Waals surface area contributed by atoms with E-state index in [2.05, 4.69) is 49.3 Å².